The van der Waals surface area contributed by atoms with Gasteiger partial charge in [-0.2, -0.15) is 0 Å². The molecule has 1 rings (SSSR count). The Hall–Kier alpha value is -1.10. The van der Waals surface area contributed by atoms with E-state index in [1.807, 2.05) is 30.3 Å². The van der Waals surface area contributed by atoms with Gasteiger partial charge in [-0.3, -0.25) is 10.5 Å². The molecule has 1 amide bonds. The zero-order valence-electron chi connectivity index (χ0n) is 8.22. The molecule has 1 aromatic rings. The molecule has 0 aromatic heterocycles. The molecule has 0 aliphatic carbocycles. The van der Waals surface area contributed by atoms with Crippen LogP contribution >= 0.6 is 12.4 Å². The second-order valence-corrected chi connectivity index (χ2v) is 3.27. The Morgan fingerprint density at radius 2 is 1.87 bits per heavy atom. The van der Waals surface area contributed by atoms with Gasteiger partial charge in [0.2, 0.25) is 0 Å². The highest BCUT2D eigenvalue weighted by Crippen LogP contribution is 2.08. The number of carbonyl (C=O) groups excluding carboxylic acids is 1. The summed E-state index contributed by atoms with van der Waals surface area (Å²) in [6, 6.07) is 9.46. The average molecular weight is 231 g/mol. The van der Waals surface area contributed by atoms with Crippen molar-refractivity contribution in [2.75, 3.05) is 0 Å². The van der Waals surface area contributed by atoms with Crippen molar-refractivity contribution in [3.05, 3.63) is 35.9 Å². The van der Waals surface area contributed by atoms with Crippen LogP contribution in [-0.2, 0) is 11.2 Å². The Labute approximate surface area is 94.7 Å². The largest absolute Gasteiger partial charge is 0.368 e. The first-order valence-electron chi connectivity index (χ1n) is 4.37. The van der Waals surface area contributed by atoms with Crippen LogP contribution in [0, 0.1) is 0 Å². The highest BCUT2D eigenvalue weighted by molar-refractivity contribution is 5.85. The smallest absolute Gasteiger partial charge is 0.264 e. The number of halogens is 1. The summed E-state index contributed by atoms with van der Waals surface area (Å²) >= 11 is 0. The summed E-state index contributed by atoms with van der Waals surface area (Å²) in [5.41, 5.74) is 9.31. The minimum Gasteiger partial charge on any atom is -0.368 e. The van der Waals surface area contributed by atoms with Crippen LogP contribution in [-0.4, -0.2) is 16.7 Å². The molecule has 0 aliphatic heterocycles. The zero-order chi connectivity index (χ0) is 10.6. The van der Waals surface area contributed by atoms with Gasteiger partial charge in [0.05, 0.1) is 0 Å². The predicted molar refractivity (Wildman–Crippen MR) is 60.3 cm³/mol. The van der Waals surface area contributed by atoms with E-state index in [0.717, 1.165) is 5.56 Å². The van der Waals surface area contributed by atoms with Gasteiger partial charge in [-0.15, -0.1) is 12.4 Å². The molecule has 0 saturated carbocycles. The topological polar surface area (TPSA) is 89.3 Å². The van der Waals surface area contributed by atoms with Crippen LogP contribution in [0.3, 0.4) is 0 Å². The van der Waals surface area contributed by atoms with Gasteiger partial charge in [0, 0.05) is 6.42 Å². The number of carbonyl (C=O) groups is 1. The van der Waals surface area contributed by atoms with E-state index in [2.05, 4.69) is 0 Å². The first kappa shape index (κ1) is 13.9. The Kier molecular flexibility index (Phi) is 5.28. The zero-order valence-corrected chi connectivity index (χ0v) is 9.04. The summed E-state index contributed by atoms with van der Waals surface area (Å²) in [6.07, 6.45) is 0.656. The van der Waals surface area contributed by atoms with Crippen molar-refractivity contribution in [1.29, 1.82) is 0 Å². The summed E-state index contributed by atoms with van der Waals surface area (Å²) in [5.74, 6) is -0.895. The van der Waals surface area contributed by atoms with Crippen molar-refractivity contribution >= 4 is 18.3 Å². The van der Waals surface area contributed by atoms with Crippen LogP contribution in [0.15, 0.2) is 30.3 Å². The molecule has 5 heteroatoms. The van der Waals surface area contributed by atoms with Crippen LogP contribution < -0.4 is 11.5 Å². The normalized spacial score (nSPS) is 13.7. The molecule has 0 fully saturated rings. The number of aryl methyl sites for hydroxylation is 1. The lowest BCUT2D eigenvalue weighted by Gasteiger charge is -2.18. The van der Waals surface area contributed by atoms with Crippen molar-refractivity contribution in [2.45, 2.75) is 18.6 Å². The third-order valence-electron chi connectivity index (χ3n) is 2.06. The standard InChI is InChI=1S/C10H14N2O2.ClH/c11-9(13)10(12,14)7-6-8-4-2-1-3-5-8;/h1-5,14H,6-7,12H2,(H2,11,13);1H. The molecule has 0 heterocycles. The first-order chi connectivity index (χ1) is 6.52. The Morgan fingerprint density at radius 1 is 1.33 bits per heavy atom. The number of aliphatic hydroxyl groups is 1. The van der Waals surface area contributed by atoms with Gasteiger partial charge in [-0.25, -0.2) is 0 Å². The van der Waals surface area contributed by atoms with E-state index < -0.39 is 11.6 Å². The molecule has 0 saturated heterocycles. The van der Waals surface area contributed by atoms with Crippen LogP contribution in [0.2, 0.25) is 0 Å². The number of amides is 1. The SMILES string of the molecule is Cl.NC(=O)C(N)(O)CCc1ccccc1. The van der Waals surface area contributed by atoms with Crippen molar-refractivity contribution in [1.82, 2.24) is 0 Å². The quantitative estimate of drug-likeness (QED) is 0.645. The number of benzene rings is 1. The van der Waals surface area contributed by atoms with Crippen molar-refractivity contribution in [2.24, 2.45) is 11.5 Å². The van der Waals surface area contributed by atoms with E-state index in [-0.39, 0.29) is 18.8 Å². The van der Waals surface area contributed by atoms with Gasteiger partial charge < -0.3 is 10.8 Å². The van der Waals surface area contributed by atoms with E-state index in [9.17, 15) is 9.90 Å². The molecule has 0 spiro atoms. The second kappa shape index (κ2) is 5.70. The molecular weight excluding hydrogens is 216 g/mol. The van der Waals surface area contributed by atoms with Crippen molar-refractivity contribution in [3.8, 4) is 0 Å². The van der Waals surface area contributed by atoms with Gasteiger partial charge in [-0.1, -0.05) is 30.3 Å². The highest BCUT2D eigenvalue weighted by Gasteiger charge is 2.27. The minimum atomic E-state index is -1.91. The molecule has 15 heavy (non-hydrogen) atoms. The molecule has 0 aliphatic rings. The van der Waals surface area contributed by atoms with Gasteiger partial charge in [0.15, 0.2) is 5.72 Å². The summed E-state index contributed by atoms with van der Waals surface area (Å²) < 4.78 is 0. The summed E-state index contributed by atoms with van der Waals surface area (Å²) in [5, 5.41) is 9.36. The molecule has 1 atom stereocenters. The van der Waals surface area contributed by atoms with E-state index in [4.69, 9.17) is 11.5 Å². The number of hydrogen-bond acceptors (Lipinski definition) is 3. The Morgan fingerprint density at radius 3 is 2.33 bits per heavy atom. The van der Waals surface area contributed by atoms with Gasteiger partial charge in [-0.05, 0) is 12.0 Å². The van der Waals surface area contributed by atoms with Crippen LogP contribution in [0.5, 0.6) is 0 Å². The second-order valence-electron chi connectivity index (χ2n) is 3.27. The monoisotopic (exact) mass is 230 g/mol. The average Bonchev–Trinajstić information content (AvgIpc) is 2.16. The van der Waals surface area contributed by atoms with Crippen LogP contribution in [0.25, 0.3) is 0 Å². The molecule has 5 N–H and O–H groups in total. The molecule has 1 unspecified atom stereocenters. The van der Waals surface area contributed by atoms with Crippen molar-refractivity contribution in [3.63, 3.8) is 0 Å². The number of rotatable bonds is 4. The van der Waals surface area contributed by atoms with E-state index in [1.165, 1.54) is 0 Å². The fourth-order valence-electron chi connectivity index (χ4n) is 1.10. The lowest BCUT2D eigenvalue weighted by molar-refractivity contribution is -0.136. The van der Waals surface area contributed by atoms with E-state index in [0.29, 0.717) is 6.42 Å². The molecule has 84 valence electrons. The molecule has 0 bridgehead atoms. The fraction of sp³-hybridized carbons (Fsp3) is 0.300. The number of hydrogen-bond donors (Lipinski definition) is 3. The first-order valence-corrected chi connectivity index (χ1v) is 4.37. The molecule has 0 radical (unpaired) electrons. The van der Waals surface area contributed by atoms with E-state index in [1.54, 1.807) is 0 Å². The van der Waals surface area contributed by atoms with E-state index >= 15 is 0 Å². The predicted octanol–water partition coefficient (Wildman–Crippen LogP) is 0.174. The van der Waals surface area contributed by atoms with Gasteiger partial charge in [0.25, 0.3) is 5.91 Å². The molecule has 4 nitrogen and oxygen atoms in total. The highest BCUT2D eigenvalue weighted by atomic mass is 35.5. The fourth-order valence-corrected chi connectivity index (χ4v) is 1.10. The number of nitrogens with two attached hydrogens (primary N) is 2. The third kappa shape index (κ3) is 4.29. The lowest BCUT2D eigenvalue weighted by Crippen LogP contribution is -2.52. The maximum absolute atomic E-state index is 10.7. The van der Waals surface area contributed by atoms with Gasteiger partial charge in [0.1, 0.15) is 0 Å². The Bertz CT molecular complexity index is 314. The van der Waals surface area contributed by atoms with Gasteiger partial charge >= 0.3 is 0 Å². The molecule has 1 aromatic carbocycles. The number of primary amides is 1. The van der Waals surface area contributed by atoms with Crippen LogP contribution in [0.1, 0.15) is 12.0 Å². The Balaban J connectivity index is 0.00000196. The lowest BCUT2D eigenvalue weighted by atomic mass is 10.0. The summed E-state index contributed by atoms with van der Waals surface area (Å²) in [4.78, 5) is 10.7. The van der Waals surface area contributed by atoms with Crippen LogP contribution in [0.4, 0.5) is 0 Å². The van der Waals surface area contributed by atoms with Crippen molar-refractivity contribution < 1.29 is 9.90 Å². The molecular formula is C10H15ClN2O2. The summed E-state index contributed by atoms with van der Waals surface area (Å²) in [7, 11) is 0. The maximum atomic E-state index is 10.7. The summed E-state index contributed by atoms with van der Waals surface area (Å²) in [6.45, 7) is 0. The maximum Gasteiger partial charge on any atom is 0.264 e. The minimum absolute atomic E-state index is 0. The third-order valence-corrected chi connectivity index (χ3v) is 2.06.